The molecule has 0 aliphatic rings. The van der Waals surface area contributed by atoms with Crippen molar-refractivity contribution in [1.82, 2.24) is 24.4 Å². The second-order valence-corrected chi connectivity index (χ2v) is 10.9. The van der Waals surface area contributed by atoms with Gasteiger partial charge in [-0.1, -0.05) is 57.6 Å². The minimum absolute atomic E-state index is 0.0909. The molecular weight excluding hydrogens is 562 g/mol. The Morgan fingerprint density at radius 1 is 0.921 bits per heavy atom. The zero-order valence-corrected chi connectivity index (χ0v) is 23.0. The summed E-state index contributed by atoms with van der Waals surface area (Å²) in [7, 11) is 0. The number of aromatic nitrogens is 5. The minimum Gasteiger partial charge on any atom is -0.491 e. The molecule has 0 spiro atoms. The van der Waals surface area contributed by atoms with Crippen molar-refractivity contribution in [1.29, 1.82) is 0 Å². The fourth-order valence-electron chi connectivity index (χ4n) is 4.09. The molecule has 0 N–H and O–H groups in total. The molecule has 38 heavy (non-hydrogen) atoms. The quantitative estimate of drug-likeness (QED) is 0.249. The van der Waals surface area contributed by atoms with E-state index in [-0.39, 0.29) is 11.7 Å². The van der Waals surface area contributed by atoms with Gasteiger partial charge in [0.05, 0.1) is 16.3 Å². The zero-order valence-electron chi connectivity index (χ0n) is 20.6. The molecule has 0 saturated heterocycles. The van der Waals surface area contributed by atoms with E-state index in [0.29, 0.717) is 15.3 Å². The van der Waals surface area contributed by atoms with Gasteiger partial charge in [0.15, 0.2) is 5.82 Å². The minimum atomic E-state index is -0.208. The van der Waals surface area contributed by atoms with Gasteiger partial charge >= 0.3 is 0 Å². The van der Waals surface area contributed by atoms with Crippen LogP contribution in [-0.4, -0.2) is 30.5 Å². The SMILES string of the molecule is CC(C)Oc1ccc(-c2nn(-c3ccccc3)cc2/C=c2\sc3nc(-c4ccc(Br)cc4)nn3c2=O)cc1. The lowest BCUT2D eigenvalue weighted by Crippen LogP contribution is -2.23. The number of halogens is 1. The van der Waals surface area contributed by atoms with Crippen LogP contribution >= 0.6 is 27.3 Å². The number of rotatable bonds is 6. The highest BCUT2D eigenvalue weighted by Crippen LogP contribution is 2.27. The van der Waals surface area contributed by atoms with Crippen molar-refractivity contribution < 1.29 is 4.74 Å². The van der Waals surface area contributed by atoms with Crippen molar-refractivity contribution in [2.75, 3.05) is 0 Å². The average molecular weight is 584 g/mol. The standard InChI is InChI=1S/C29H22BrN5O2S/c1-18(2)37-24-14-10-19(11-15-24)26-21(17-34(32-26)23-6-4-3-5-7-23)16-25-28(36)35-29(38-25)31-27(33-35)20-8-12-22(30)13-9-20/h3-18H,1-2H3/b25-16-. The highest BCUT2D eigenvalue weighted by Gasteiger charge is 2.15. The Bertz CT molecular complexity index is 1840. The Balaban J connectivity index is 1.44. The van der Waals surface area contributed by atoms with Crippen LogP contribution in [0.25, 0.3) is 39.4 Å². The van der Waals surface area contributed by atoms with Gasteiger partial charge in [0.2, 0.25) is 4.96 Å². The molecule has 188 valence electrons. The van der Waals surface area contributed by atoms with Crippen LogP contribution in [0.2, 0.25) is 0 Å². The molecule has 0 atom stereocenters. The molecule has 7 nitrogen and oxygen atoms in total. The van der Waals surface area contributed by atoms with Crippen LogP contribution in [0.1, 0.15) is 19.4 Å². The summed E-state index contributed by atoms with van der Waals surface area (Å²) in [6.07, 6.45) is 3.89. The van der Waals surface area contributed by atoms with Gasteiger partial charge in [-0.15, -0.1) is 5.10 Å². The van der Waals surface area contributed by atoms with Crippen LogP contribution in [0.3, 0.4) is 0 Å². The largest absolute Gasteiger partial charge is 0.491 e. The number of nitrogens with zero attached hydrogens (tertiary/aromatic N) is 5. The van der Waals surface area contributed by atoms with E-state index in [4.69, 9.17) is 9.84 Å². The van der Waals surface area contributed by atoms with Gasteiger partial charge in [0.25, 0.3) is 5.56 Å². The van der Waals surface area contributed by atoms with Gasteiger partial charge < -0.3 is 4.74 Å². The predicted octanol–water partition coefficient (Wildman–Crippen LogP) is 5.77. The Hall–Kier alpha value is -4.08. The molecule has 0 bridgehead atoms. The van der Waals surface area contributed by atoms with Gasteiger partial charge in [-0.05, 0) is 68.5 Å². The number of thiazole rings is 1. The Morgan fingerprint density at radius 2 is 1.63 bits per heavy atom. The van der Waals surface area contributed by atoms with Gasteiger partial charge in [-0.3, -0.25) is 4.79 Å². The third kappa shape index (κ3) is 4.78. The smallest absolute Gasteiger partial charge is 0.291 e. The Morgan fingerprint density at radius 3 is 2.32 bits per heavy atom. The fourth-order valence-corrected chi connectivity index (χ4v) is 5.25. The third-order valence-corrected chi connectivity index (χ3v) is 7.32. The number of fused-ring (bicyclic) bond motifs is 1. The molecule has 0 saturated carbocycles. The first-order valence-electron chi connectivity index (χ1n) is 12.0. The van der Waals surface area contributed by atoms with Crippen LogP contribution in [0.4, 0.5) is 0 Å². The van der Waals surface area contributed by atoms with E-state index in [1.165, 1.54) is 15.9 Å². The number of ether oxygens (including phenoxy) is 1. The van der Waals surface area contributed by atoms with Crippen LogP contribution in [0.5, 0.6) is 5.75 Å². The Kier molecular flexibility index (Phi) is 6.39. The van der Waals surface area contributed by atoms with E-state index in [0.717, 1.165) is 38.3 Å². The first-order chi connectivity index (χ1) is 18.4. The predicted molar refractivity (Wildman–Crippen MR) is 154 cm³/mol. The molecule has 0 aliphatic heterocycles. The fraction of sp³-hybridized carbons (Fsp3) is 0.103. The molecular formula is C29H22BrN5O2S. The first kappa shape index (κ1) is 24.3. The van der Waals surface area contributed by atoms with Crippen molar-refractivity contribution in [3.05, 3.63) is 110 Å². The van der Waals surface area contributed by atoms with Gasteiger partial charge in [0, 0.05) is 27.4 Å². The van der Waals surface area contributed by atoms with E-state index in [1.807, 2.05) is 110 Å². The molecule has 3 aromatic heterocycles. The highest BCUT2D eigenvalue weighted by atomic mass is 79.9. The summed E-state index contributed by atoms with van der Waals surface area (Å²) < 4.78 is 10.5. The van der Waals surface area contributed by atoms with Crippen LogP contribution in [-0.2, 0) is 0 Å². The van der Waals surface area contributed by atoms with E-state index >= 15 is 0 Å². The number of hydrogen-bond acceptors (Lipinski definition) is 6. The summed E-state index contributed by atoms with van der Waals surface area (Å²) in [5, 5.41) is 9.35. The van der Waals surface area contributed by atoms with Crippen LogP contribution in [0.15, 0.2) is 94.3 Å². The molecule has 3 aromatic carbocycles. The maximum atomic E-state index is 13.3. The van der Waals surface area contributed by atoms with Crippen molar-refractivity contribution in [3.8, 4) is 34.1 Å². The zero-order chi connectivity index (χ0) is 26.2. The van der Waals surface area contributed by atoms with Crippen molar-refractivity contribution in [2.24, 2.45) is 0 Å². The van der Waals surface area contributed by atoms with E-state index in [2.05, 4.69) is 26.0 Å². The lowest BCUT2D eigenvalue weighted by molar-refractivity contribution is 0.242. The number of benzene rings is 3. The average Bonchev–Trinajstić information content (AvgIpc) is 3.60. The number of hydrogen-bond donors (Lipinski definition) is 0. The molecule has 0 aliphatic carbocycles. The lowest BCUT2D eigenvalue weighted by Gasteiger charge is -2.09. The molecule has 6 aromatic rings. The van der Waals surface area contributed by atoms with Gasteiger partial charge in [0.1, 0.15) is 11.4 Å². The van der Waals surface area contributed by atoms with E-state index in [9.17, 15) is 4.79 Å². The highest BCUT2D eigenvalue weighted by molar-refractivity contribution is 9.10. The second-order valence-electron chi connectivity index (χ2n) is 8.96. The number of para-hydroxylation sites is 1. The first-order valence-corrected chi connectivity index (χ1v) is 13.6. The molecule has 0 fully saturated rings. The summed E-state index contributed by atoms with van der Waals surface area (Å²) in [4.78, 5) is 18.4. The molecule has 0 radical (unpaired) electrons. The molecule has 0 unspecified atom stereocenters. The van der Waals surface area contributed by atoms with E-state index < -0.39 is 0 Å². The van der Waals surface area contributed by atoms with Crippen molar-refractivity contribution in [3.63, 3.8) is 0 Å². The second kappa shape index (κ2) is 10.00. The topological polar surface area (TPSA) is 74.3 Å². The maximum absolute atomic E-state index is 13.3. The van der Waals surface area contributed by atoms with Crippen molar-refractivity contribution in [2.45, 2.75) is 20.0 Å². The van der Waals surface area contributed by atoms with Crippen molar-refractivity contribution >= 4 is 38.3 Å². The van der Waals surface area contributed by atoms with Crippen LogP contribution in [0, 0.1) is 0 Å². The van der Waals surface area contributed by atoms with E-state index in [1.54, 1.807) is 0 Å². The summed E-state index contributed by atoms with van der Waals surface area (Å²) >= 11 is 4.75. The lowest BCUT2D eigenvalue weighted by atomic mass is 10.1. The van der Waals surface area contributed by atoms with Crippen LogP contribution < -0.4 is 14.8 Å². The summed E-state index contributed by atoms with van der Waals surface area (Å²) in [5.74, 6) is 1.32. The summed E-state index contributed by atoms with van der Waals surface area (Å²) in [6.45, 7) is 4.00. The summed E-state index contributed by atoms with van der Waals surface area (Å²) in [6, 6.07) is 25.4. The summed E-state index contributed by atoms with van der Waals surface area (Å²) in [5.41, 5.74) is 4.08. The normalized spacial score (nSPS) is 12.1. The third-order valence-electron chi connectivity index (χ3n) is 5.83. The molecule has 6 rings (SSSR count). The maximum Gasteiger partial charge on any atom is 0.291 e. The molecule has 3 heterocycles. The Labute approximate surface area is 230 Å². The molecule has 0 amide bonds. The monoisotopic (exact) mass is 583 g/mol. The molecule has 9 heteroatoms. The van der Waals surface area contributed by atoms with Gasteiger partial charge in [-0.25, -0.2) is 4.68 Å². The van der Waals surface area contributed by atoms with Gasteiger partial charge in [-0.2, -0.15) is 14.6 Å².